The molecule has 1 N–H and O–H groups in total. The number of rotatable bonds is 7. The van der Waals surface area contributed by atoms with Crippen molar-refractivity contribution in [1.29, 1.82) is 0 Å². The molecule has 0 aliphatic heterocycles. The van der Waals surface area contributed by atoms with Crippen LogP contribution in [0.25, 0.3) is 6.08 Å². The number of aromatic nitrogens is 1. The van der Waals surface area contributed by atoms with Gasteiger partial charge in [0.1, 0.15) is 6.61 Å². The Kier molecular flexibility index (Phi) is 4.64. The highest BCUT2D eigenvalue weighted by molar-refractivity contribution is 5.48. The van der Waals surface area contributed by atoms with Gasteiger partial charge in [0.05, 0.1) is 0 Å². The summed E-state index contributed by atoms with van der Waals surface area (Å²) in [7, 11) is 0. The predicted octanol–water partition coefficient (Wildman–Crippen LogP) is 3.43. The molecule has 0 unspecified atom stereocenters. The lowest BCUT2D eigenvalue weighted by Gasteiger charge is -2.05. The number of nitrogens with one attached hydrogen (secondary N) is 1. The molecule has 0 atom stereocenters. The summed E-state index contributed by atoms with van der Waals surface area (Å²) >= 11 is 0. The van der Waals surface area contributed by atoms with E-state index in [0.717, 1.165) is 12.6 Å². The summed E-state index contributed by atoms with van der Waals surface area (Å²) in [4.78, 5) is 4.33. The minimum atomic E-state index is 0.529. The zero-order valence-corrected chi connectivity index (χ0v) is 12.0. The minimum absolute atomic E-state index is 0.529. The van der Waals surface area contributed by atoms with Gasteiger partial charge < -0.3 is 10.1 Å². The second kappa shape index (κ2) is 7.04. The monoisotopic (exact) mass is 280 g/mol. The Hall–Kier alpha value is -2.13. The fourth-order valence-electron chi connectivity index (χ4n) is 2.03. The van der Waals surface area contributed by atoms with Crippen LogP contribution in [0.3, 0.4) is 0 Å². The number of nitrogens with zero attached hydrogens (tertiary/aromatic N) is 1. The minimum Gasteiger partial charge on any atom is -0.473 e. The van der Waals surface area contributed by atoms with E-state index in [1.54, 1.807) is 0 Å². The number of ether oxygens (including phenoxy) is 1. The summed E-state index contributed by atoms with van der Waals surface area (Å²) in [6.07, 6.45) is 8.55. The van der Waals surface area contributed by atoms with E-state index >= 15 is 0 Å². The summed E-state index contributed by atoms with van der Waals surface area (Å²) < 4.78 is 5.60. The SMILES string of the molecule is C(=Cc1ccccc1)COc1ccc(CNC2CC2)cn1. The molecule has 3 rings (SSSR count). The van der Waals surface area contributed by atoms with Crippen molar-refractivity contribution in [2.75, 3.05) is 6.61 Å². The van der Waals surface area contributed by atoms with E-state index in [2.05, 4.69) is 28.5 Å². The van der Waals surface area contributed by atoms with E-state index in [1.165, 1.54) is 24.0 Å². The molecule has 1 fully saturated rings. The van der Waals surface area contributed by atoms with E-state index < -0.39 is 0 Å². The molecule has 21 heavy (non-hydrogen) atoms. The zero-order chi connectivity index (χ0) is 14.3. The van der Waals surface area contributed by atoms with Crippen LogP contribution in [0.4, 0.5) is 0 Å². The van der Waals surface area contributed by atoms with Gasteiger partial charge in [-0.2, -0.15) is 0 Å². The average Bonchev–Trinajstić information content (AvgIpc) is 3.36. The van der Waals surface area contributed by atoms with Crippen molar-refractivity contribution in [2.45, 2.75) is 25.4 Å². The van der Waals surface area contributed by atoms with Crippen LogP contribution in [-0.4, -0.2) is 17.6 Å². The van der Waals surface area contributed by atoms with Crippen molar-refractivity contribution >= 4 is 6.08 Å². The van der Waals surface area contributed by atoms with Gasteiger partial charge in [-0.05, 0) is 30.0 Å². The first-order chi connectivity index (χ1) is 10.4. The van der Waals surface area contributed by atoms with Crippen LogP contribution < -0.4 is 10.1 Å². The molecular formula is C18H20N2O. The molecule has 1 saturated carbocycles. The van der Waals surface area contributed by atoms with Gasteiger partial charge in [-0.3, -0.25) is 0 Å². The lowest BCUT2D eigenvalue weighted by molar-refractivity contribution is 0.349. The van der Waals surface area contributed by atoms with Crippen molar-refractivity contribution in [2.24, 2.45) is 0 Å². The molecule has 1 heterocycles. The Morgan fingerprint density at radius 1 is 1.14 bits per heavy atom. The highest BCUT2D eigenvalue weighted by Crippen LogP contribution is 2.19. The van der Waals surface area contributed by atoms with Gasteiger partial charge in [0.2, 0.25) is 5.88 Å². The Morgan fingerprint density at radius 2 is 2.00 bits per heavy atom. The Balaban J connectivity index is 1.43. The van der Waals surface area contributed by atoms with Crippen molar-refractivity contribution in [1.82, 2.24) is 10.3 Å². The van der Waals surface area contributed by atoms with Crippen molar-refractivity contribution in [3.8, 4) is 5.88 Å². The third-order valence-corrected chi connectivity index (χ3v) is 3.41. The second-order valence-electron chi connectivity index (χ2n) is 5.28. The molecule has 1 aromatic heterocycles. The summed E-state index contributed by atoms with van der Waals surface area (Å²) in [5.41, 5.74) is 2.38. The molecule has 1 aromatic carbocycles. The third kappa shape index (κ3) is 4.72. The van der Waals surface area contributed by atoms with Crippen LogP contribution in [0.1, 0.15) is 24.0 Å². The molecule has 108 valence electrons. The van der Waals surface area contributed by atoms with E-state index in [0.29, 0.717) is 12.5 Å². The fourth-order valence-corrected chi connectivity index (χ4v) is 2.03. The van der Waals surface area contributed by atoms with E-state index in [9.17, 15) is 0 Å². The molecule has 3 heteroatoms. The van der Waals surface area contributed by atoms with Crippen LogP contribution in [0, 0.1) is 0 Å². The fraction of sp³-hybridized carbons (Fsp3) is 0.278. The maximum absolute atomic E-state index is 5.60. The smallest absolute Gasteiger partial charge is 0.213 e. The van der Waals surface area contributed by atoms with Gasteiger partial charge in [-0.1, -0.05) is 42.5 Å². The summed E-state index contributed by atoms with van der Waals surface area (Å²) in [6, 6.07) is 14.9. The van der Waals surface area contributed by atoms with E-state index in [1.807, 2.05) is 42.6 Å². The molecule has 0 spiro atoms. The molecule has 0 saturated heterocycles. The normalized spacial score (nSPS) is 14.5. The molecular weight excluding hydrogens is 260 g/mol. The van der Waals surface area contributed by atoms with Crippen molar-refractivity contribution < 1.29 is 4.74 Å². The molecule has 0 amide bonds. The van der Waals surface area contributed by atoms with Crippen LogP contribution in [-0.2, 0) is 6.54 Å². The summed E-state index contributed by atoms with van der Waals surface area (Å²) in [5.74, 6) is 0.669. The van der Waals surface area contributed by atoms with Crippen LogP contribution in [0.15, 0.2) is 54.7 Å². The Bertz CT molecular complexity index is 574. The average molecular weight is 280 g/mol. The molecule has 1 aliphatic carbocycles. The van der Waals surface area contributed by atoms with Gasteiger partial charge in [0.15, 0.2) is 0 Å². The molecule has 1 aliphatic rings. The number of hydrogen-bond acceptors (Lipinski definition) is 3. The van der Waals surface area contributed by atoms with Crippen LogP contribution >= 0.6 is 0 Å². The third-order valence-electron chi connectivity index (χ3n) is 3.41. The predicted molar refractivity (Wildman–Crippen MR) is 85.1 cm³/mol. The lowest BCUT2D eigenvalue weighted by atomic mass is 10.2. The molecule has 0 bridgehead atoms. The Morgan fingerprint density at radius 3 is 2.71 bits per heavy atom. The molecule has 3 nitrogen and oxygen atoms in total. The second-order valence-corrected chi connectivity index (χ2v) is 5.28. The van der Waals surface area contributed by atoms with Gasteiger partial charge >= 0.3 is 0 Å². The summed E-state index contributed by atoms with van der Waals surface area (Å²) in [5, 5.41) is 3.47. The lowest BCUT2D eigenvalue weighted by Crippen LogP contribution is -2.15. The van der Waals surface area contributed by atoms with Gasteiger partial charge in [0, 0.05) is 24.8 Å². The number of hydrogen-bond donors (Lipinski definition) is 1. The largest absolute Gasteiger partial charge is 0.473 e. The Labute approximate surface area is 125 Å². The first-order valence-corrected chi connectivity index (χ1v) is 7.43. The highest BCUT2D eigenvalue weighted by atomic mass is 16.5. The number of benzene rings is 1. The van der Waals surface area contributed by atoms with E-state index in [-0.39, 0.29) is 0 Å². The van der Waals surface area contributed by atoms with Crippen molar-refractivity contribution in [3.05, 3.63) is 65.9 Å². The first kappa shape index (κ1) is 13.8. The quantitative estimate of drug-likeness (QED) is 0.843. The first-order valence-electron chi connectivity index (χ1n) is 7.43. The standard InChI is InChI=1S/C18H20N2O/c1-2-5-15(6-3-1)7-4-12-21-18-11-8-16(14-20-18)13-19-17-9-10-17/h1-8,11,14,17,19H,9-10,12-13H2. The molecule has 0 radical (unpaired) electrons. The van der Waals surface area contributed by atoms with E-state index in [4.69, 9.17) is 4.74 Å². The van der Waals surface area contributed by atoms with Crippen LogP contribution in [0.2, 0.25) is 0 Å². The van der Waals surface area contributed by atoms with Gasteiger partial charge in [-0.15, -0.1) is 0 Å². The number of pyridine rings is 1. The zero-order valence-electron chi connectivity index (χ0n) is 12.0. The molecule has 2 aromatic rings. The van der Waals surface area contributed by atoms with Crippen molar-refractivity contribution in [3.63, 3.8) is 0 Å². The van der Waals surface area contributed by atoms with Gasteiger partial charge in [-0.25, -0.2) is 4.98 Å². The van der Waals surface area contributed by atoms with Gasteiger partial charge in [0.25, 0.3) is 0 Å². The maximum Gasteiger partial charge on any atom is 0.213 e. The summed E-state index contributed by atoms with van der Waals surface area (Å²) in [6.45, 7) is 1.42. The maximum atomic E-state index is 5.60. The topological polar surface area (TPSA) is 34.1 Å². The van der Waals surface area contributed by atoms with Crippen LogP contribution in [0.5, 0.6) is 5.88 Å². The highest BCUT2D eigenvalue weighted by Gasteiger charge is 2.19.